The van der Waals surface area contributed by atoms with Crippen molar-refractivity contribution in [1.82, 2.24) is 9.80 Å². The Labute approximate surface area is 140 Å². The number of unbranched alkanes of at least 4 members (excludes halogenated alkanes) is 3. The molecule has 0 heterocycles. The van der Waals surface area contributed by atoms with Gasteiger partial charge in [0.1, 0.15) is 0 Å². The molecule has 3 nitrogen and oxygen atoms in total. The van der Waals surface area contributed by atoms with Gasteiger partial charge >= 0.3 is 0 Å². The zero-order chi connectivity index (χ0) is 16.8. The van der Waals surface area contributed by atoms with E-state index in [0.717, 1.165) is 26.3 Å². The largest absolute Gasteiger partial charge is 0.379 e. The molecule has 0 unspecified atom stereocenters. The van der Waals surface area contributed by atoms with Crippen LogP contribution in [0.3, 0.4) is 0 Å². The summed E-state index contributed by atoms with van der Waals surface area (Å²) in [5.41, 5.74) is 0. The maximum atomic E-state index is 5.90. The van der Waals surface area contributed by atoms with Gasteiger partial charge in [0.25, 0.3) is 0 Å². The van der Waals surface area contributed by atoms with E-state index in [2.05, 4.69) is 51.3 Å². The fourth-order valence-corrected chi connectivity index (χ4v) is 2.88. The van der Waals surface area contributed by atoms with Crippen LogP contribution in [0.15, 0.2) is 0 Å². The number of rotatable bonds is 15. The Morgan fingerprint density at radius 1 is 0.682 bits per heavy atom. The Balaban J connectivity index is 3.85. The molecule has 0 aromatic heterocycles. The summed E-state index contributed by atoms with van der Waals surface area (Å²) in [6.45, 7) is 19.9. The summed E-state index contributed by atoms with van der Waals surface area (Å²) in [6, 6.07) is 1.19. The summed E-state index contributed by atoms with van der Waals surface area (Å²) in [7, 11) is 0. The normalized spacial score (nSPS) is 12.3. The molecule has 134 valence electrons. The molecule has 0 rings (SSSR count). The smallest absolute Gasteiger partial charge is 0.0594 e. The van der Waals surface area contributed by atoms with Crippen LogP contribution >= 0.6 is 0 Å². The van der Waals surface area contributed by atoms with Gasteiger partial charge in [-0.2, -0.15) is 0 Å². The minimum absolute atomic E-state index is 0.596. The van der Waals surface area contributed by atoms with Gasteiger partial charge in [-0.15, -0.1) is 0 Å². The van der Waals surface area contributed by atoms with E-state index in [1.807, 2.05) is 0 Å². The molecule has 0 spiro atoms. The van der Waals surface area contributed by atoms with Crippen LogP contribution in [-0.4, -0.2) is 61.3 Å². The molecule has 0 aliphatic rings. The topological polar surface area (TPSA) is 15.7 Å². The van der Waals surface area contributed by atoms with Crippen LogP contribution in [0.25, 0.3) is 0 Å². The fourth-order valence-electron chi connectivity index (χ4n) is 2.88. The van der Waals surface area contributed by atoms with Crippen molar-refractivity contribution >= 4 is 0 Å². The molecule has 0 amide bonds. The lowest BCUT2D eigenvalue weighted by Crippen LogP contribution is -2.39. The average Bonchev–Trinajstić information content (AvgIpc) is 2.46. The fraction of sp³-hybridized carbons (Fsp3) is 1.00. The molecule has 0 fully saturated rings. The van der Waals surface area contributed by atoms with Crippen LogP contribution < -0.4 is 0 Å². The van der Waals surface area contributed by atoms with Crippen molar-refractivity contribution < 1.29 is 4.74 Å². The van der Waals surface area contributed by atoms with Crippen LogP contribution in [0, 0.1) is 0 Å². The molecule has 0 atom stereocenters. The zero-order valence-corrected chi connectivity index (χ0v) is 16.2. The summed E-state index contributed by atoms with van der Waals surface area (Å²) >= 11 is 0. The molecule has 0 aromatic carbocycles. The van der Waals surface area contributed by atoms with Gasteiger partial charge in [0.15, 0.2) is 0 Å². The van der Waals surface area contributed by atoms with Crippen LogP contribution in [0.2, 0.25) is 0 Å². The summed E-state index contributed by atoms with van der Waals surface area (Å²) in [5, 5.41) is 0. The Kier molecular flexibility index (Phi) is 14.4. The third-order valence-electron chi connectivity index (χ3n) is 4.28. The van der Waals surface area contributed by atoms with E-state index >= 15 is 0 Å². The third kappa shape index (κ3) is 11.4. The SMILES string of the molecule is CCCCCN(CCCC)CCOCCN(C(C)C)C(C)C. The summed E-state index contributed by atoms with van der Waals surface area (Å²) in [4.78, 5) is 5.08. The zero-order valence-electron chi connectivity index (χ0n) is 16.2. The maximum Gasteiger partial charge on any atom is 0.0594 e. The molecule has 0 aliphatic carbocycles. The highest BCUT2D eigenvalue weighted by molar-refractivity contribution is 4.66. The van der Waals surface area contributed by atoms with Gasteiger partial charge in [0.2, 0.25) is 0 Å². The van der Waals surface area contributed by atoms with E-state index in [1.54, 1.807) is 0 Å². The summed E-state index contributed by atoms with van der Waals surface area (Å²) in [6.07, 6.45) is 6.57. The van der Waals surface area contributed by atoms with Crippen LogP contribution in [0.1, 0.15) is 73.6 Å². The van der Waals surface area contributed by atoms with Gasteiger partial charge in [-0.1, -0.05) is 33.1 Å². The van der Waals surface area contributed by atoms with E-state index in [1.165, 1.54) is 45.2 Å². The Hall–Kier alpha value is -0.120. The van der Waals surface area contributed by atoms with Crippen molar-refractivity contribution in [2.75, 3.05) is 39.4 Å². The molecular weight excluding hydrogens is 272 g/mol. The van der Waals surface area contributed by atoms with Crippen molar-refractivity contribution in [3.63, 3.8) is 0 Å². The highest BCUT2D eigenvalue weighted by atomic mass is 16.5. The molecule has 0 saturated carbocycles. The minimum Gasteiger partial charge on any atom is -0.379 e. The lowest BCUT2D eigenvalue weighted by Gasteiger charge is -2.30. The van der Waals surface area contributed by atoms with Crippen LogP contribution in [0.5, 0.6) is 0 Å². The predicted molar refractivity (Wildman–Crippen MR) is 98.7 cm³/mol. The van der Waals surface area contributed by atoms with Gasteiger partial charge in [0, 0.05) is 25.2 Å². The predicted octanol–water partition coefficient (Wildman–Crippen LogP) is 4.41. The highest BCUT2D eigenvalue weighted by Crippen LogP contribution is 2.04. The van der Waals surface area contributed by atoms with Crippen LogP contribution in [0.4, 0.5) is 0 Å². The van der Waals surface area contributed by atoms with E-state index in [4.69, 9.17) is 4.74 Å². The number of hydrogen-bond donors (Lipinski definition) is 0. The van der Waals surface area contributed by atoms with Crippen molar-refractivity contribution in [3.05, 3.63) is 0 Å². The monoisotopic (exact) mass is 314 g/mol. The van der Waals surface area contributed by atoms with Gasteiger partial charge < -0.3 is 9.64 Å². The first-order valence-electron chi connectivity index (χ1n) is 9.58. The maximum absolute atomic E-state index is 5.90. The first-order chi connectivity index (χ1) is 10.5. The standard InChI is InChI=1S/C19H42N2O/c1-7-9-11-13-20(12-10-8-2)14-16-22-17-15-21(18(3)4)19(5)6/h18-19H,7-17H2,1-6H3. The lowest BCUT2D eigenvalue weighted by atomic mass is 10.2. The van der Waals surface area contributed by atoms with E-state index in [9.17, 15) is 0 Å². The van der Waals surface area contributed by atoms with E-state index in [0.29, 0.717) is 12.1 Å². The molecule has 0 radical (unpaired) electrons. The minimum atomic E-state index is 0.596. The third-order valence-corrected chi connectivity index (χ3v) is 4.28. The Morgan fingerprint density at radius 2 is 1.23 bits per heavy atom. The molecule has 0 bridgehead atoms. The molecule has 22 heavy (non-hydrogen) atoms. The lowest BCUT2D eigenvalue weighted by molar-refractivity contribution is 0.0642. The second-order valence-corrected chi connectivity index (χ2v) is 6.94. The number of ether oxygens (including phenoxy) is 1. The van der Waals surface area contributed by atoms with Gasteiger partial charge in [-0.05, 0) is 53.6 Å². The van der Waals surface area contributed by atoms with Crippen molar-refractivity contribution in [3.8, 4) is 0 Å². The molecule has 0 N–H and O–H groups in total. The molecule has 3 heteroatoms. The summed E-state index contributed by atoms with van der Waals surface area (Å²) < 4.78 is 5.90. The first kappa shape index (κ1) is 21.9. The van der Waals surface area contributed by atoms with E-state index < -0.39 is 0 Å². The van der Waals surface area contributed by atoms with Gasteiger partial charge in [-0.25, -0.2) is 0 Å². The summed E-state index contributed by atoms with van der Waals surface area (Å²) in [5.74, 6) is 0. The van der Waals surface area contributed by atoms with Gasteiger partial charge in [0.05, 0.1) is 13.2 Å². The van der Waals surface area contributed by atoms with Crippen molar-refractivity contribution in [2.24, 2.45) is 0 Å². The van der Waals surface area contributed by atoms with Crippen molar-refractivity contribution in [1.29, 1.82) is 0 Å². The molecule has 0 aliphatic heterocycles. The molecular formula is C19H42N2O. The van der Waals surface area contributed by atoms with Crippen molar-refractivity contribution in [2.45, 2.75) is 85.7 Å². The Bertz CT molecular complexity index is 223. The quantitative estimate of drug-likeness (QED) is 0.416. The highest BCUT2D eigenvalue weighted by Gasteiger charge is 2.12. The first-order valence-corrected chi connectivity index (χ1v) is 9.58. The molecule has 0 saturated heterocycles. The molecule has 0 aromatic rings. The second kappa shape index (κ2) is 14.5. The van der Waals surface area contributed by atoms with Gasteiger partial charge in [-0.3, -0.25) is 4.90 Å². The second-order valence-electron chi connectivity index (χ2n) is 6.94. The number of nitrogens with zero attached hydrogens (tertiary/aromatic N) is 2. The Morgan fingerprint density at radius 3 is 1.77 bits per heavy atom. The van der Waals surface area contributed by atoms with E-state index in [-0.39, 0.29) is 0 Å². The average molecular weight is 315 g/mol. The van der Waals surface area contributed by atoms with Crippen LogP contribution in [-0.2, 0) is 4.74 Å². The number of hydrogen-bond acceptors (Lipinski definition) is 3.